The summed E-state index contributed by atoms with van der Waals surface area (Å²) in [5.74, 6) is -0.873. The van der Waals surface area contributed by atoms with Crippen molar-refractivity contribution in [1.29, 1.82) is 0 Å². The summed E-state index contributed by atoms with van der Waals surface area (Å²) in [4.78, 5) is 11.1. The van der Waals surface area contributed by atoms with Gasteiger partial charge in [0.2, 0.25) is 0 Å². The van der Waals surface area contributed by atoms with Gasteiger partial charge in [-0.1, -0.05) is 0 Å². The largest absolute Gasteiger partial charge is 0.481 e. The molecule has 0 aromatic carbocycles. The van der Waals surface area contributed by atoms with E-state index < -0.39 is 11.4 Å². The lowest BCUT2D eigenvalue weighted by Gasteiger charge is -2.20. The van der Waals surface area contributed by atoms with E-state index in [2.05, 4.69) is 10.2 Å². The summed E-state index contributed by atoms with van der Waals surface area (Å²) in [5, 5.41) is 16.1. The van der Waals surface area contributed by atoms with Crippen molar-refractivity contribution in [2.75, 3.05) is 6.61 Å². The van der Waals surface area contributed by atoms with Crippen molar-refractivity contribution in [2.24, 2.45) is 0 Å². The van der Waals surface area contributed by atoms with Crippen molar-refractivity contribution in [2.45, 2.75) is 32.3 Å². The minimum atomic E-state index is -0.967. The lowest BCUT2D eigenvalue weighted by molar-refractivity contribution is -0.142. The first-order valence-electron chi connectivity index (χ1n) is 4.91. The van der Waals surface area contributed by atoms with Gasteiger partial charge in [-0.15, -0.1) is 0 Å². The Labute approximate surface area is 87.4 Å². The van der Waals surface area contributed by atoms with Gasteiger partial charge in [0.1, 0.15) is 5.41 Å². The van der Waals surface area contributed by atoms with Crippen LogP contribution in [-0.4, -0.2) is 27.9 Å². The summed E-state index contributed by atoms with van der Waals surface area (Å²) in [5.41, 5.74) is 1.54. The fraction of sp³-hybridized carbons (Fsp3) is 0.600. The van der Waals surface area contributed by atoms with Crippen molar-refractivity contribution in [3.8, 4) is 0 Å². The number of rotatable bonds is 2. The first-order chi connectivity index (χ1) is 7.03. The number of carbonyl (C=O) groups is 1. The molecule has 0 fully saturated rings. The number of hydrogen-bond acceptors (Lipinski definition) is 3. The van der Waals surface area contributed by atoms with Crippen LogP contribution in [0.15, 0.2) is 0 Å². The molecule has 0 bridgehead atoms. The van der Waals surface area contributed by atoms with E-state index >= 15 is 0 Å². The molecule has 0 saturated carbocycles. The zero-order valence-corrected chi connectivity index (χ0v) is 8.83. The van der Waals surface area contributed by atoms with Gasteiger partial charge in [0.25, 0.3) is 0 Å². The number of hydrogen-bond donors (Lipinski definition) is 2. The number of aromatic amines is 1. The maximum absolute atomic E-state index is 11.1. The molecule has 1 aromatic rings. The number of nitrogens with one attached hydrogen (secondary N) is 1. The molecule has 0 spiro atoms. The van der Waals surface area contributed by atoms with Crippen molar-refractivity contribution in [3.63, 3.8) is 0 Å². The average molecular weight is 210 g/mol. The molecule has 2 N–H and O–H groups in total. The van der Waals surface area contributed by atoms with Crippen molar-refractivity contribution in [3.05, 3.63) is 17.0 Å². The third-order valence-corrected chi connectivity index (χ3v) is 2.82. The number of carboxylic acid groups (broad SMARTS) is 1. The maximum atomic E-state index is 11.1. The second-order valence-corrected chi connectivity index (χ2v) is 4.26. The molecule has 0 unspecified atom stereocenters. The zero-order chi connectivity index (χ0) is 11.1. The molecule has 0 radical (unpaired) electrons. The van der Waals surface area contributed by atoms with Crippen molar-refractivity contribution in [1.82, 2.24) is 10.2 Å². The van der Waals surface area contributed by atoms with Crippen LogP contribution in [0.25, 0.3) is 0 Å². The SMILES string of the molecule is CC(C)(C(=O)O)c1n[nH]c2c1COCC2. The predicted molar refractivity (Wildman–Crippen MR) is 52.6 cm³/mol. The Hall–Kier alpha value is -1.36. The van der Waals surface area contributed by atoms with Gasteiger partial charge in [0, 0.05) is 17.7 Å². The van der Waals surface area contributed by atoms with Crippen LogP contribution in [0.5, 0.6) is 0 Å². The number of H-pyrrole nitrogens is 1. The summed E-state index contributed by atoms with van der Waals surface area (Å²) in [6, 6.07) is 0. The smallest absolute Gasteiger partial charge is 0.315 e. The summed E-state index contributed by atoms with van der Waals surface area (Å²) in [6.07, 6.45) is 0.776. The van der Waals surface area contributed by atoms with Gasteiger partial charge in [0.05, 0.1) is 18.9 Å². The number of nitrogens with zero attached hydrogens (tertiary/aromatic N) is 1. The van der Waals surface area contributed by atoms with Gasteiger partial charge < -0.3 is 9.84 Å². The Morgan fingerprint density at radius 1 is 1.60 bits per heavy atom. The van der Waals surface area contributed by atoms with Crippen LogP contribution in [0.4, 0.5) is 0 Å². The summed E-state index contributed by atoms with van der Waals surface area (Å²) in [6.45, 7) is 4.43. The number of carboxylic acids is 1. The highest BCUT2D eigenvalue weighted by atomic mass is 16.5. The van der Waals surface area contributed by atoms with Crippen LogP contribution in [0.3, 0.4) is 0 Å². The Bertz CT molecular complexity index is 395. The highest BCUT2D eigenvalue weighted by molar-refractivity contribution is 5.80. The van der Waals surface area contributed by atoms with E-state index in [-0.39, 0.29) is 0 Å². The molecule has 15 heavy (non-hydrogen) atoms. The molecule has 1 aliphatic heterocycles. The highest BCUT2D eigenvalue weighted by Crippen LogP contribution is 2.29. The van der Waals surface area contributed by atoms with E-state index in [1.807, 2.05) is 0 Å². The Balaban J connectivity index is 2.45. The molecule has 5 heteroatoms. The molecule has 0 amide bonds. The fourth-order valence-corrected chi connectivity index (χ4v) is 1.73. The standard InChI is InChI=1S/C10H14N2O3/c1-10(2,9(13)14)8-6-5-15-4-3-7(6)11-12-8/h3-5H2,1-2H3,(H,11,12)(H,13,14). The van der Waals surface area contributed by atoms with E-state index in [0.717, 1.165) is 17.7 Å². The molecule has 2 rings (SSSR count). The van der Waals surface area contributed by atoms with Crippen LogP contribution in [0, 0.1) is 0 Å². The van der Waals surface area contributed by atoms with Crippen LogP contribution in [0.2, 0.25) is 0 Å². The topological polar surface area (TPSA) is 75.2 Å². The maximum Gasteiger partial charge on any atom is 0.315 e. The molecule has 82 valence electrons. The molecular weight excluding hydrogens is 196 g/mol. The summed E-state index contributed by atoms with van der Waals surface area (Å²) < 4.78 is 5.32. The number of fused-ring (bicyclic) bond motifs is 1. The van der Waals surface area contributed by atoms with Crippen LogP contribution in [0.1, 0.15) is 30.8 Å². The molecule has 0 saturated heterocycles. The number of aliphatic carboxylic acids is 1. The minimum Gasteiger partial charge on any atom is -0.481 e. The predicted octanol–water partition coefficient (Wildman–Crippen LogP) is 0.845. The second kappa shape index (κ2) is 3.34. The number of aromatic nitrogens is 2. The fourth-order valence-electron chi connectivity index (χ4n) is 1.73. The van der Waals surface area contributed by atoms with Crippen LogP contribution < -0.4 is 0 Å². The molecule has 0 atom stereocenters. The van der Waals surface area contributed by atoms with Crippen molar-refractivity contribution < 1.29 is 14.6 Å². The molecule has 5 nitrogen and oxygen atoms in total. The molecule has 0 aliphatic carbocycles. The summed E-state index contributed by atoms with van der Waals surface area (Å²) >= 11 is 0. The van der Waals surface area contributed by atoms with E-state index in [4.69, 9.17) is 9.84 Å². The normalized spacial score (nSPS) is 16.1. The van der Waals surface area contributed by atoms with Gasteiger partial charge >= 0.3 is 5.97 Å². The van der Waals surface area contributed by atoms with Crippen LogP contribution in [-0.2, 0) is 28.0 Å². The minimum absolute atomic E-state index is 0.456. The summed E-state index contributed by atoms with van der Waals surface area (Å²) in [7, 11) is 0. The lowest BCUT2D eigenvalue weighted by Crippen LogP contribution is -2.30. The van der Waals surface area contributed by atoms with E-state index in [1.165, 1.54) is 0 Å². The van der Waals surface area contributed by atoms with Gasteiger partial charge in [-0.2, -0.15) is 5.10 Å². The van der Waals surface area contributed by atoms with Crippen LogP contribution >= 0.6 is 0 Å². The van der Waals surface area contributed by atoms with Gasteiger partial charge in [-0.25, -0.2) is 0 Å². The Kier molecular flexibility index (Phi) is 2.26. The Morgan fingerprint density at radius 3 is 3.00 bits per heavy atom. The van der Waals surface area contributed by atoms with E-state index in [1.54, 1.807) is 13.8 Å². The molecular formula is C10H14N2O3. The first-order valence-corrected chi connectivity index (χ1v) is 4.91. The van der Waals surface area contributed by atoms with E-state index in [0.29, 0.717) is 18.9 Å². The number of ether oxygens (including phenoxy) is 1. The third-order valence-electron chi connectivity index (χ3n) is 2.82. The molecule has 2 heterocycles. The molecule has 1 aromatic heterocycles. The van der Waals surface area contributed by atoms with Gasteiger partial charge in [-0.05, 0) is 13.8 Å². The lowest BCUT2D eigenvalue weighted by atomic mass is 9.86. The average Bonchev–Trinajstić information content (AvgIpc) is 2.61. The van der Waals surface area contributed by atoms with Crippen molar-refractivity contribution >= 4 is 5.97 Å². The van der Waals surface area contributed by atoms with E-state index in [9.17, 15) is 4.79 Å². The quantitative estimate of drug-likeness (QED) is 0.758. The van der Waals surface area contributed by atoms with Gasteiger partial charge in [0.15, 0.2) is 0 Å². The second-order valence-electron chi connectivity index (χ2n) is 4.26. The Morgan fingerprint density at radius 2 is 2.33 bits per heavy atom. The zero-order valence-electron chi connectivity index (χ0n) is 8.83. The molecule has 1 aliphatic rings. The first kappa shape index (κ1) is 10.2. The monoisotopic (exact) mass is 210 g/mol. The highest BCUT2D eigenvalue weighted by Gasteiger charge is 2.36. The van der Waals surface area contributed by atoms with Gasteiger partial charge in [-0.3, -0.25) is 9.89 Å². The third kappa shape index (κ3) is 1.52.